The molecule has 0 aliphatic rings. The molecule has 17 heavy (non-hydrogen) atoms. The smallest absolute Gasteiger partial charge is 0.305 e. The number of aliphatic carboxylic acids is 1. The zero-order valence-corrected chi connectivity index (χ0v) is 9.15. The quantitative estimate of drug-likeness (QED) is 0.606. The fourth-order valence-electron chi connectivity index (χ4n) is 1.42. The van der Waals surface area contributed by atoms with Crippen LogP contribution in [0.1, 0.15) is 18.7 Å². The van der Waals surface area contributed by atoms with Crippen LogP contribution in [0.15, 0.2) is 31.1 Å². The Morgan fingerprint density at radius 2 is 2.12 bits per heavy atom. The molecule has 0 aliphatic carbocycles. The Morgan fingerprint density at radius 1 is 1.53 bits per heavy atom. The van der Waals surface area contributed by atoms with Gasteiger partial charge in [-0.3, -0.25) is 4.79 Å². The number of hydrogen-bond donors (Lipinski definition) is 3. The van der Waals surface area contributed by atoms with Gasteiger partial charge in [-0.15, -0.1) is 0 Å². The third-order valence-corrected chi connectivity index (χ3v) is 2.25. The molecule has 1 aromatic rings. The van der Waals surface area contributed by atoms with Crippen LogP contribution in [0.3, 0.4) is 0 Å². The SMILES string of the molecule is C=CC(O)(CC(O)CC(=O)O)c1ncccn1. The van der Waals surface area contributed by atoms with E-state index in [9.17, 15) is 15.0 Å². The molecule has 0 amide bonds. The maximum absolute atomic E-state index is 10.4. The standard InChI is InChI=1S/C11H14N2O4/c1-2-11(17,7-8(14)6-9(15)16)10-12-4-3-5-13-10/h2-5,8,14,17H,1,6-7H2,(H,15,16). The highest BCUT2D eigenvalue weighted by molar-refractivity contribution is 5.67. The van der Waals surface area contributed by atoms with E-state index in [0.29, 0.717) is 0 Å². The molecule has 0 saturated carbocycles. The average Bonchev–Trinajstić information content (AvgIpc) is 2.29. The van der Waals surface area contributed by atoms with Crippen molar-refractivity contribution >= 4 is 5.97 Å². The molecule has 6 nitrogen and oxygen atoms in total. The summed E-state index contributed by atoms with van der Waals surface area (Å²) in [6, 6.07) is 1.58. The summed E-state index contributed by atoms with van der Waals surface area (Å²) in [5.41, 5.74) is -1.63. The lowest BCUT2D eigenvalue weighted by atomic mass is 9.94. The third kappa shape index (κ3) is 3.61. The van der Waals surface area contributed by atoms with Crippen molar-refractivity contribution in [3.63, 3.8) is 0 Å². The molecule has 0 radical (unpaired) electrons. The lowest BCUT2D eigenvalue weighted by Crippen LogP contribution is -2.31. The number of aliphatic hydroxyl groups excluding tert-OH is 1. The molecule has 92 valence electrons. The highest BCUT2D eigenvalue weighted by Gasteiger charge is 2.32. The van der Waals surface area contributed by atoms with Crippen molar-refractivity contribution in [3.8, 4) is 0 Å². The Balaban J connectivity index is 2.83. The van der Waals surface area contributed by atoms with Crippen molar-refractivity contribution in [2.24, 2.45) is 0 Å². The molecule has 3 N–H and O–H groups in total. The van der Waals surface area contributed by atoms with Gasteiger partial charge in [-0.2, -0.15) is 0 Å². The largest absolute Gasteiger partial charge is 0.481 e. The van der Waals surface area contributed by atoms with Gasteiger partial charge in [0.2, 0.25) is 0 Å². The first-order valence-electron chi connectivity index (χ1n) is 5.01. The number of carboxylic acids is 1. The predicted octanol–water partition coefficient (Wildman–Crippen LogP) is 0.0759. The summed E-state index contributed by atoms with van der Waals surface area (Å²) in [6.07, 6.45) is 2.21. The number of aliphatic hydroxyl groups is 2. The summed E-state index contributed by atoms with van der Waals surface area (Å²) in [4.78, 5) is 18.1. The van der Waals surface area contributed by atoms with Crippen molar-refractivity contribution in [1.29, 1.82) is 0 Å². The Morgan fingerprint density at radius 3 is 2.59 bits per heavy atom. The Kier molecular flexibility index (Phi) is 4.30. The monoisotopic (exact) mass is 238 g/mol. The molecule has 1 rings (SSSR count). The molecular formula is C11H14N2O4. The summed E-state index contributed by atoms with van der Waals surface area (Å²) in [5, 5.41) is 28.2. The van der Waals surface area contributed by atoms with Crippen molar-refractivity contribution in [2.45, 2.75) is 24.5 Å². The summed E-state index contributed by atoms with van der Waals surface area (Å²) < 4.78 is 0. The van der Waals surface area contributed by atoms with E-state index < -0.39 is 24.1 Å². The zero-order valence-electron chi connectivity index (χ0n) is 9.15. The number of hydrogen-bond acceptors (Lipinski definition) is 5. The Bertz CT molecular complexity index is 396. The Labute approximate surface area is 98.3 Å². The highest BCUT2D eigenvalue weighted by Crippen LogP contribution is 2.25. The van der Waals surface area contributed by atoms with Crippen LogP contribution in [0.5, 0.6) is 0 Å². The number of carboxylic acid groups (broad SMARTS) is 1. The van der Waals surface area contributed by atoms with Crippen LogP contribution in [0.2, 0.25) is 0 Å². The highest BCUT2D eigenvalue weighted by atomic mass is 16.4. The van der Waals surface area contributed by atoms with Gasteiger partial charge in [-0.25, -0.2) is 9.97 Å². The number of rotatable bonds is 6. The van der Waals surface area contributed by atoms with E-state index in [2.05, 4.69) is 16.5 Å². The maximum atomic E-state index is 10.4. The molecule has 0 bridgehead atoms. The van der Waals surface area contributed by atoms with Crippen molar-refractivity contribution in [1.82, 2.24) is 9.97 Å². The van der Waals surface area contributed by atoms with E-state index in [4.69, 9.17) is 5.11 Å². The van der Waals surface area contributed by atoms with Gasteiger partial charge in [-0.1, -0.05) is 12.7 Å². The molecule has 0 aliphatic heterocycles. The van der Waals surface area contributed by atoms with Gasteiger partial charge in [0.05, 0.1) is 12.5 Å². The molecule has 6 heteroatoms. The second-order valence-corrected chi connectivity index (χ2v) is 3.66. The molecule has 0 aromatic carbocycles. The Hall–Kier alpha value is -1.79. The number of carbonyl (C=O) groups is 1. The summed E-state index contributed by atoms with van der Waals surface area (Å²) >= 11 is 0. The first-order chi connectivity index (χ1) is 7.98. The fraction of sp³-hybridized carbons (Fsp3) is 0.364. The minimum Gasteiger partial charge on any atom is -0.481 e. The van der Waals surface area contributed by atoms with Gasteiger partial charge in [-0.05, 0) is 6.07 Å². The minimum absolute atomic E-state index is 0.0828. The molecular weight excluding hydrogens is 224 g/mol. The van der Waals surface area contributed by atoms with Crippen molar-refractivity contribution in [3.05, 3.63) is 36.9 Å². The zero-order chi connectivity index (χ0) is 12.9. The van der Waals surface area contributed by atoms with Crippen LogP contribution in [-0.4, -0.2) is 37.4 Å². The first kappa shape index (κ1) is 13.3. The second kappa shape index (κ2) is 5.51. The van der Waals surface area contributed by atoms with Crippen LogP contribution in [0.4, 0.5) is 0 Å². The predicted molar refractivity (Wildman–Crippen MR) is 59.0 cm³/mol. The third-order valence-electron chi connectivity index (χ3n) is 2.25. The van der Waals surface area contributed by atoms with Crippen molar-refractivity contribution < 1.29 is 20.1 Å². The molecule has 0 fully saturated rings. The van der Waals surface area contributed by atoms with Gasteiger partial charge in [0.25, 0.3) is 0 Å². The van der Waals surface area contributed by atoms with Crippen LogP contribution >= 0.6 is 0 Å². The topological polar surface area (TPSA) is 104 Å². The van der Waals surface area contributed by atoms with E-state index in [-0.39, 0.29) is 12.2 Å². The normalized spacial score (nSPS) is 15.9. The number of aromatic nitrogens is 2. The van der Waals surface area contributed by atoms with E-state index in [0.717, 1.165) is 0 Å². The molecule has 1 heterocycles. The van der Waals surface area contributed by atoms with Gasteiger partial charge < -0.3 is 15.3 Å². The van der Waals surface area contributed by atoms with Gasteiger partial charge in [0.1, 0.15) is 5.60 Å². The number of nitrogens with zero attached hydrogens (tertiary/aromatic N) is 2. The van der Waals surface area contributed by atoms with E-state index in [1.807, 2.05) is 0 Å². The van der Waals surface area contributed by atoms with Crippen LogP contribution in [0.25, 0.3) is 0 Å². The molecule has 1 aromatic heterocycles. The maximum Gasteiger partial charge on any atom is 0.305 e. The van der Waals surface area contributed by atoms with E-state index in [1.165, 1.54) is 18.5 Å². The van der Waals surface area contributed by atoms with Crippen LogP contribution in [-0.2, 0) is 10.4 Å². The molecule has 2 atom stereocenters. The van der Waals surface area contributed by atoms with Crippen LogP contribution < -0.4 is 0 Å². The lowest BCUT2D eigenvalue weighted by Gasteiger charge is -2.24. The molecule has 2 unspecified atom stereocenters. The second-order valence-electron chi connectivity index (χ2n) is 3.66. The van der Waals surface area contributed by atoms with E-state index in [1.54, 1.807) is 6.07 Å². The minimum atomic E-state index is -1.63. The van der Waals surface area contributed by atoms with Crippen molar-refractivity contribution in [2.75, 3.05) is 0 Å². The van der Waals surface area contributed by atoms with E-state index >= 15 is 0 Å². The van der Waals surface area contributed by atoms with Gasteiger partial charge in [0.15, 0.2) is 5.82 Å². The molecule has 0 spiro atoms. The summed E-state index contributed by atoms with van der Waals surface area (Å²) in [5.74, 6) is -1.06. The fourth-order valence-corrected chi connectivity index (χ4v) is 1.42. The first-order valence-corrected chi connectivity index (χ1v) is 5.01. The molecule has 0 saturated heterocycles. The van der Waals surface area contributed by atoms with Crippen LogP contribution in [0, 0.1) is 0 Å². The average molecular weight is 238 g/mol. The lowest BCUT2D eigenvalue weighted by molar-refractivity contribution is -0.139. The summed E-state index contributed by atoms with van der Waals surface area (Å²) in [6.45, 7) is 3.45. The van der Waals surface area contributed by atoms with Gasteiger partial charge >= 0.3 is 5.97 Å². The van der Waals surface area contributed by atoms with Gasteiger partial charge in [0, 0.05) is 18.8 Å². The summed E-state index contributed by atoms with van der Waals surface area (Å²) in [7, 11) is 0.